The summed E-state index contributed by atoms with van der Waals surface area (Å²) in [5.41, 5.74) is 6.33. The zero-order valence-corrected chi connectivity index (χ0v) is 12.4. The van der Waals surface area contributed by atoms with Crippen LogP contribution < -0.4 is 5.73 Å². The third-order valence-electron chi connectivity index (χ3n) is 3.01. The smallest absolute Gasteiger partial charge is 0.254 e. The fourth-order valence-corrected chi connectivity index (χ4v) is 1.68. The number of nitrogens with two attached hydrogens (primary N) is 1. The second-order valence-electron chi connectivity index (χ2n) is 4.67. The molecule has 0 aliphatic heterocycles. The lowest BCUT2D eigenvalue weighted by atomic mass is 10.1. The monoisotopic (exact) mass is 292 g/mol. The molecule has 0 saturated carbocycles. The first-order valence-electron chi connectivity index (χ1n) is 6.48. The number of hydrogen-bond donors (Lipinski definition) is 2. The molecule has 0 fully saturated rings. The Bertz CT molecular complexity index is 555. The number of benzene rings is 1. The van der Waals surface area contributed by atoms with Gasteiger partial charge in [0.05, 0.1) is 6.54 Å². The van der Waals surface area contributed by atoms with Crippen LogP contribution in [0.4, 0.5) is 0 Å². The predicted molar refractivity (Wildman–Crippen MR) is 79.2 cm³/mol. The van der Waals surface area contributed by atoms with Gasteiger partial charge >= 0.3 is 0 Å². The van der Waals surface area contributed by atoms with Gasteiger partial charge < -0.3 is 20.7 Å². The minimum atomic E-state index is -0.278. The van der Waals surface area contributed by atoms with Crippen molar-refractivity contribution in [2.75, 3.05) is 27.2 Å². The number of carbonyl (C=O) groups excluding carboxylic acids is 2. The zero-order valence-electron chi connectivity index (χ0n) is 12.4. The van der Waals surface area contributed by atoms with Gasteiger partial charge in [0.25, 0.3) is 5.91 Å². The maximum absolute atomic E-state index is 12.4. The van der Waals surface area contributed by atoms with E-state index in [0.29, 0.717) is 17.7 Å². The highest BCUT2D eigenvalue weighted by molar-refractivity contribution is 6.01. The van der Waals surface area contributed by atoms with Gasteiger partial charge in [-0.1, -0.05) is 17.3 Å². The second-order valence-corrected chi connectivity index (χ2v) is 4.67. The minimum Gasteiger partial charge on any atom is -0.409 e. The summed E-state index contributed by atoms with van der Waals surface area (Å²) in [6.45, 7) is 2.22. The maximum atomic E-state index is 12.4. The molecule has 7 nitrogen and oxygen atoms in total. The van der Waals surface area contributed by atoms with E-state index >= 15 is 0 Å². The van der Waals surface area contributed by atoms with Crippen LogP contribution in [-0.2, 0) is 4.79 Å². The van der Waals surface area contributed by atoms with E-state index in [2.05, 4.69) is 5.16 Å². The van der Waals surface area contributed by atoms with Crippen LogP contribution in [0.5, 0.6) is 0 Å². The van der Waals surface area contributed by atoms with E-state index in [1.807, 2.05) is 0 Å². The number of oxime groups is 1. The Morgan fingerprint density at radius 2 is 1.90 bits per heavy atom. The molecule has 0 atom stereocenters. The van der Waals surface area contributed by atoms with Crippen molar-refractivity contribution in [3.8, 4) is 0 Å². The Kier molecular flexibility index (Phi) is 5.71. The molecule has 2 amide bonds. The summed E-state index contributed by atoms with van der Waals surface area (Å²) in [4.78, 5) is 27.0. The van der Waals surface area contributed by atoms with Crippen LogP contribution in [-0.4, -0.2) is 59.8 Å². The van der Waals surface area contributed by atoms with Crippen LogP contribution in [0.1, 0.15) is 22.8 Å². The average Bonchev–Trinajstić information content (AvgIpc) is 2.50. The van der Waals surface area contributed by atoms with Crippen LogP contribution in [0.25, 0.3) is 0 Å². The molecule has 0 heterocycles. The first kappa shape index (κ1) is 16.5. The van der Waals surface area contributed by atoms with Gasteiger partial charge in [-0.25, -0.2) is 0 Å². The van der Waals surface area contributed by atoms with Gasteiger partial charge in [0.2, 0.25) is 5.91 Å². The molecule has 0 aliphatic rings. The van der Waals surface area contributed by atoms with Gasteiger partial charge in [-0.2, -0.15) is 0 Å². The number of amides is 2. The number of carbonyl (C=O) groups is 2. The van der Waals surface area contributed by atoms with E-state index in [1.165, 1.54) is 15.9 Å². The van der Waals surface area contributed by atoms with Crippen LogP contribution in [0, 0.1) is 0 Å². The van der Waals surface area contributed by atoms with Gasteiger partial charge in [-0.15, -0.1) is 0 Å². The highest BCUT2D eigenvalue weighted by Gasteiger charge is 2.18. The molecule has 0 saturated heterocycles. The summed E-state index contributed by atoms with van der Waals surface area (Å²) in [6, 6.07) is 6.43. The van der Waals surface area contributed by atoms with Crippen LogP contribution in [0.15, 0.2) is 29.4 Å². The van der Waals surface area contributed by atoms with Crippen molar-refractivity contribution in [3.63, 3.8) is 0 Å². The van der Waals surface area contributed by atoms with Crippen molar-refractivity contribution in [1.82, 2.24) is 9.80 Å². The van der Waals surface area contributed by atoms with Crippen molar-refractivity contribution in [3.05, 3.63) is 35.4 Å². The summed E-state index contributed by atoms with van der Waals surface area (Å²) in [5.74, 6) is -0.504. The molecular formula is C14H20N4O3. The molecule has 3 N–H and O–H groups in total. The Balaban J connectivity index is 2.98. The van der Waals surface area contributed by atoms with Gasteiger partial charge in [0.15, 0.2) is 5.84 Å². The maximum Gasteiger partial charge on any atom is 0.254 e. The van der Waals surface area contributed by atoms with Crippen LogP contribution in [0.3, 0.4) is 0 Å². The third-order valence-corrected chi connectivity index (χ3v) is 3.01. The molecule has 0 bridgehead atoms. The van der Waals surface area contributed by atoms with E-state index in [0.717, 1.165) is 0 Å². The molecule has 0 unspecified atom stereocenters. The molecular weight excluding hydrogens is 272 g/mol. The normalized spacial score (nSPS) is 11.1. The van der Waals surface area contributed by atoms with Crippen molar-refractivity contribution < 1.29 is 14.8 Å². The fourth-order valence-electron chi connectivity index (χ4n) is 1.68. The van der Waals surface area contributed by atoms with Crippen LogP contribution in [0.2, 0.25) is 0 Å². The highest BCUT2D eigenvalue weighted by Crippen LogP contribution is 2.09. The number of likely N-dealkylation sites (N-methyl/N-ethyl adjacent to an activating group) is 2. The molecule has 1 rings (SSSR count). The topological polar surface area (TPSA) is 99.2 Å². The van der Waals surface area contributed by atoms with Crippen molar-refractivity contribution in [2.45, 2.75) is 6.92 Å². The second kappa shape index (κ2) is 7.28. The van der Waals surface area contributed by atoms with Crippen molar-refractivity contribution in [2.24, 2.45) is 10.9 Å². The Hall–Kier alpha value is -2.57. The van der Waals surface area contributed by atoms with Gasteiger partial charge in [-0.3, -0.25) is 9.59 Å². The largest absolute Gasteiger partial charge is 0.409 e. The zero-order chi connectivity index (χ0) is 16.0. The molecule has 0 spiro atoms. The lowest BCUT2D eigenvalue weighted by Crippen LogP contribution is -2.40. The van der Waals surface area contributed by atoms with Crippen molar-refractivity contribution in [1.29, 1.82) is 0 Å². The molecule has 0 radical (unpaired) electrons. The quantitative estimate of drug-likeness (QED) is 0.353. The molecule has 0 aromatic heterocycles. The SMILES string of the molecule is CCN(CC(=O)N(C)C)C(=O)c1cccc(C(N)=NO)c1. The first-order valence-corrected chi connectivity index (χ1v) is 6.48. The van der Waals surface area contributed by atoms with Gasteiger partial charge in [0, 0.05) is 31.8 Å². The molecule has 7 heteroatoms. The molecule has 1 aromatic rings. The Morgan fingerprint density at radius 1 is 1.29 bits per heavy atom. The van der Waals surface area contributed by atoms with E-state index in [1.54, 1.807) is 39.2 Å². The summed E-state index contributed by atoms with van der Waals surface area (Å²) < 4.78 is 0. The predicted octanol–water partition coefficient (Wildman–Crippen LogP) is 0.331. The summed E-state index contributed by atoms with van der Waals surface area (Å²) in [6.07, 6.45) is 0. The molecule has 114 valence electrons. The van der Waals surface area contributed by atoms with Crippen LogP contribution >= 0.6 is 0 Å². The lowest BCUT2D eigenvalue weighted by Gasteiger charge is -2.22. The molecule has 1 aromatic carbocycles. The standard InChI is InChI=1S/C14H20N4O3/c1-4-18(9-12(19)17(2)3)14(20)11-7-5-6-10(8-11)13(15)16-21/h5-8,21H,4,9H2,1-3H3,(H2,15,16). The van der Waals surface area contributed by atoms with E-state index < -0.39 is 0 Å². The van der Waals surface area contributed by atoms with E-state index in [9.17, 15) is 9.59 Å². The Morgan fingerprint density at radius 3 is 2.43 bits per heavy atom. The lowest BCUT2D eigenvalue weighted by molar-refractivity contribution is -0.129. The van der Waals surface area contributed by atoms with Gasteiger partial charge in [-0.05, 0) is 19.1 Å². The van der Waals surface area contributed by atoms with Gasteiger partial charge in [0.1, 0.15) is 0 Å². The summed E-state index contributed by atoms with van der Waals surface area (Å²) in [7, 11) is 3.28. The number of rotatable bonds is 5. The average molecular weight is 292 g/mol. The molecule has 21 heavy (non-hydrogen) atoms. The van der Waals surface area contributed by atoms with Crippen molar-refractivity contribution >= 4 is 17.6 Å². The van der Waals surface area contributed by atoms with E-state index in [4.69, 9.17) is 10.9 Å². The number of hydrogen-bond acceptors (Lipinski definition) is 4. The molecule has 0 aliphatic carbocycles. The summed E-state index contributed by atoms with van der Waals surface area (Å²) >= 11 is 0. The highest BCUT2D eigenvalue weighted by atomic mass is 16.4. The fraction of sp³-hybridized carbons (Fsp3) is 0.357. The Labute approximate surface area is 123 Å². The third kappa shape index (κ3) is 4.20. The number of amidine groups is 1. The minimum absolute atomic E-state index is 0.0101. The summed E-state index contributed by atoms with van der Waals surface area (Å²) in [5, 5.41) is 11.6. The number of nitrogens with zero attached hydrogens (tertiary/aromatic N) is 3. The first-order chi connectivity index (χ1) is 9.90. The van der Waals surface area contributed by atoms with E-state index in [-0.39, 0.29) is 24.2 Å².